The first-order chi connectivity index (χ1) is 14.6. The average molecular weight is 446 g/mol. The van der Waals surface area contributed by atoms with Gasteiger partial charge in [-0.05, 0) is 57.5 Å². The van der Waals surface area contributed by atoms with Gasteiger partial charge in [0, 0.05) is 43.7 Å². The van der Waals surface area contributed by atoms with E-state index in [1.165, 1.54) is 6.26 Å². The van der Waals surface area contributed by atoms with Gasteiger partial charge in [0.15, 0.2) is 9.84 Å². The highest BCUT2D eigenvalue weighted by molar-refractivity contribution is 7.90. The van der Waals surface area contributed by atoms with Crippen LogP contribution in [0.1, 0.15) is 32.4 Å². The van der Waals surface area contributed by atoms with Gasteiger partial charge in [-0.1, -0.05) is 18.2 Å². The summed E-state index contributed by atoms with van der Waals surface area (Å²) in [6.07, 6.45) is 4.53. The van der Waals surface area contributed by atoms with Crippen molar-refractivity contribution in [3.05, 3.63) is 48.3 Å². The molecule has 1 saturated heterocycles. The van der Waals surface area contributed by atoms with Gasteiger partial charge in [-0.3, -0.25) is 9.88 Å². The van der Waals surface area contributed by atoms with Gasteiger partial charge in [0.25, 0.3) is 0 Å². The number of benzene rings is 1. The number of amides is 1. The summed E-state index contributed by atoms with van der Waals surface area (Å²) < 4.78 is 28.5. The lowest BCUT2D eigenvalue weighted by molar-refractivity contribution is 0.0576. The molecule has 2 aromatic rings. The Kier molecular flexibility index (Phi) is 7.33. The van der Waals surface area contributed by atoms with Crippen LogP contribution in [-0.4, -0.2) is 67.8 Å². The van der Waals surface area contributed by atoms with Crippen molar-refractivity contribution in [2.75, 3.05) is 26.4 Å². The van der Waals surface area contributed by atoms with Crippen LogP contribution in [0.2, 0.25) is 0 Å². The fourth-order valence-electron chi connectivity index (χ4n) is 3.73. The average Bonchev–Trinajstić information content (AvgIpc) is 2.73. The van der Waals surface area contributed by atoms with Crippen molar-refractivity contribution in [2.24, 2.45) is 0 Å². The molecule has 0 spiro atoms. The lowest BCUT2D eigenvalue weighted by atomic mass is 10.0. The van der Waals surface area contributed by atoms with E-state index in [0.29, 0.717) is 24.0 Å². The number of nitrogens with zero attached hydrogens (tertiary/aromatic N) is 3. The number of rotatable bonds is 6. The van der Waals surface area contributed by atoms with Gasteiger partial charge in [0.2, 0.25) is 0 Å². The summed E-state index contributed by atoms with van der Waals surface area (Å²) in [4.78, 5) is 21.0. The summed E-state index contributed by atoms with van der Waals surface area (Å²) in [5.41, 5.74) is 2.85. The van der Waals surface area contributed by atoms with Crippen molar-refractivity contribution >= 4 is 15.9 Å². The molecule has 0 unspecified atom stereocenters. The van der Waals surface area contributed by atoms with E-state index < -0.39 is 9.84 Å². The second kappa shape index (κ2) is 9.78. The summed E-state index contributed by atoms with van der Waals surface area (Å²) in [7, 11) is -1.11. The zero-order chi connectivity index (χ0) is 22.6. The number of carbonyl (C=O) groups is 1. The lowest BCUT2D eigenvalue weighted by Gasteiger charge is -2.36. The third kappa shape index (κ3) is 6.27. The van der Waals surface area contributed by atoms with Crippen LogP contribution in [0.5, 0.6) is 0 Å². The van der Waals surface area contributed by atoms with Crippen LogP contribution in [0.3, 0.4) is 0 Å². The van der Waals surface area contributed by atoms with Gasteiger partial charge in [-0.15, -0.1) is 0 Å². The number of hydrogen-bond donors (Lipinski definition) is 0. The zero-order valence-corrected chi connectivity index (χ0v) is 19.4. The van der Waals surface area contributed by atoms with Gasteiger partial charge in [0.05, 0.1) is 16.7 Å². The highest BCUT2D eigenvalue weighted by Crippen LogP contribution is 2.22. The fourth-order valence-corrected chi connectivity index (χ4v) is 4.36. The minimum Gasteiger partial charge on any atom is -0.447 e. The molecule has 1 fully saturated rings. The summed E-state index contributed by atoms with van der Waals surface area (Å²) in [6, 6.07) is 11.3. The van der Waals surface area contributed by atoms with E-state index in [0.717, 1.165) is 36.2 Å². The normalized spacial score (nSPS) is 15.5. The second-order valence-corrected chi connectivity index (χ2v) is 10.4. The molecule has 0 bridgehead atoms. The lowest BCUT2D eigenvalue weighted by Crippen LogP contribution is -2.45. The molecule has 0 saturated carbocycles. The number of hydrogen-bond acceptors (Lipinski definition) is 6. The maximum atomic E-state index is 12.0. The molecule has 31 heavy (non-hydrogen) atoms. The van der Waals surface area contributed by atoms with E-state index in [2.05, 4.69) is 16.9 Å². The molecule has 0 atom stereocenters. The molecule has 1 aromatic carbocycles. The third-order valence-corrected chi connectivity index (χ3v) is 6.66. The first-order valence-electron chi connectivity index (χ1n) is 10.5. The molecule has 1 amide bonds. The number of sulfone groups is 1. The zero-order valence-electron chi connectivity index (χ0n) is 18.6. The predicted molar refractivity (Wildman–Crippen MR) is 120 cm³/mol. The van der Waals surface area contributed by atoms with E-state index in [9.17, 15) is 13.2 Å². The Morgan fingerprint density at radius 3 is 2.26 bits per heavy atom. The quantitative estimate of drug-likeness (QED) is 0.676. The van der Waals surface area contributed by atoms with Crippen LogP contribution in [0.4, 0.5) is 4.79 Å². The number of ether oxygens (including phenoxy) is 1. The number of piperidine rings is 1. The molecule has 1 aromatic heterocycles. The first-order valence-corrected chi connectivity index (χ1v) is 12.4. The second-order valence-electron chi connectivity index (χ2n) is 8.40. The van der Waals surface area contributed by atoms with E-state index in [4.69, 9.17) is 4.74 Å². The number of likely N-dealkylation sites (tertiary alicyclic amines) is 1. The van der Waals surface area contributed by atoms with Crippen molar-refractivity contribution in [1.29, 1.82) is 0 Å². The minimum atomic E-state index is -3.20. The van der Waals surface area contributed by atoms with Gasteiger partial charge < -0.3 is 9.64 Å². The van der Waals surface area contributed by atoms with Gasteiger partial charge >= 0.3 is 6.09 Å². The molecule has 8 heteroatoms. The third-order valence-electron chi connectivity index (χ3n) is 5.53. The van der Waals surface area contributed by atoms with Crippen LogP contribution >= 0.6 is 0 Å². The molecular weight excluding hydrogens is 414 g/mol. The standard InChI is InChI=1S/C23H31N3O4S/c1-17(2)30-23(27)26-13-11-21(12-14-26)25(3)16-20-8-5-19(15-24-20)18-6-9-22(10-7-18)31(4,28)29/h5-10,15,17,21H,11-14,16H2,1-4H3. The van der Waals surface area contributed by atoms with Crippen molar-refractivity contribution in [3.8, 4) is 11.1 Å². The van der Waals surface area contributed by atoms with Gasteiger partial charge in [0.1, 0.15) is 0 Å². The molecule has 1 aliphatic rings. The highest BCUT2D eigenvalue weighted by Gasteiger charge is 2.26. The Bertz CT molecular complexity index is 980. The van der Waals surface area contributed by atoms with E-state index >= 15 is 0 Å². The maximum absolute atomic E-state index is 12.0. The Morgan fingerprint density at radius 2 is 1.74 bits per heavy atom. The number of pyridine rings is 1. The van der Waals surface area contributed by atoms with E-state index in [1.54, 1.807) is 29.2 Å². The molecule has 0 aliphatic carbocycles. The molecule has 168 valence electrons. The molecular formula is C23H31N3O4S. The first kappa shape index (κ1) is 23.2. The Balaban J connectivity index is 1.55. The van der Waals surface area contributed by atoms with Crippen molar-refractivity contribution in [3.63, 3.8) is 0 Å². The van der Waals surface area contributed by atoms with Crippen LogP contribution in [0, 0.1) is 0 Å². The van der Waals surface area contributed by atoms with E-state index in [-0.39, 0.29) is 12.2 Å². The Morgan fingerprint density at radius 1 is 1.13 bits per heavy atom. The summed E-state index contributed by atoms with van der Waals surface area (Å²) in [5, 5.41) is 0. The van der Waals surface area contributed by atoms with Crippen molar-refractivity contribution < 1.29 is 17.9 Å². The molecule has 0 radical (unpaired) electrons. The van der Waals surface area contributed by atoms with Crippen LogP contribution in [-0.2, 0) is 21.1 Å². The number of aromatic nitrogens is 1. The highest BCUT2D eigenvalue weighted by atomic mass is 32.2. The van der Waals surface area contributed by atoms with Crippen LogP contribution in [0.25, 0.3) is 11.1 Å². The molecule has 3 rings (SSSR count). The molecule has 2 heterocycles. The van der Waals surface area contributed by atoms with Crippen LogP contribution < -0.4 is 0 Å². The van der Waals surface area contributed by atoms with Gasteiger partial charge in [-0.2, -0.15) is 0 Å². The molecule has 1 aliphatic heterocycles. The molecule has 7 nitrogen and oxygen atoms in total. The Hall–Kier alpha value is -2.45. The fraction of sp³-hybridized carbons (Fsp3) is 0.478. The van der Waals surface area contributed by atoms with Gasteiger partial charge in [-0.25, -0.2) is 13.2 Å². The monoisotopic (exact) mass is 445 g/mol. The topological polar surface area (TPSA) is 79.8 Å². The van der Waals surface area contributed by atoms with E-state index in [1.807, 2.05) is 32.2 Å². The van der Waals surface area contributed by atoms with Crippen molar-refractivity contribution in [2.45, 2.75) is 50.3 Å². The van der Waals surface area contributed by atoms with Crippen LogP contribution in [0.15, 0.2) is 47.5 Å². The smallest absolute Gasteiger partial charge is 0.410 e. The summed E-state index contributed by atoms with van der Waals surface area (Å²) >= 11 is 0. The SMILES string of the molecule is CC(C)OC(=O)N1CCC(N(C)Cc2ccc(-c3ccc(S(C)(=O)=O)cc3)cn2)CC1. The Labute approximate surface area is 185 Å². The molecule has 0 N–H and O–H groups in total. The predicted octanol–water partition coefficient (Wildman–Crippen LogP) is 3.59. The number of carbonyl (C=O) groups excluding carboxylic acids is 1. The minimum absolute atomic E-state index is 0.0976. The maximum Gasteiger partial charge on any atom is 0.410 e. The largest absolute Gasteiger partial charge is 0.447 e. The van der Waals surface area contributed by atoms with Crippen molar-refractivity contribution in [1.82, 2.24) is 14.8 Å². The summed E-state index contributed by atoms with van der Waals surface area (Å²) in [6.45, 7) is 5.87. The summed E-state index contributed by atoms with van der Waals surface area (Å²) in [5.74, 6) is 0.